The summed E-state index contributed by atoms with van der Waals surface area (Å²) in [6, 6.07) is 10.1. The van der Waals surface area contributed by atoms with Gasteiger partial charge in [-0.3, -0.25) is 4.79 Å². The number of nitrogens with zero attached hydrogens (tertiary/aromatic N) is 1. The zero-order chi connectivity index (χ0) is 21.3. The van der Waals surface area contributed by atoms with Gasteiger partial charge in [-0.15, -0.1) is 0 Å². The Labute approximate surface area is 185 Å². The summed E-state index contributed by atoms with van der Waals surface area (Å²) in [4.78, 5) is 15.8. The minimum absolute atomic E-state index is 0.0100. The van der Waals surface area contributed by atoms with E-state index in [1.807, 2.05) is 42.3 Å². The number of benzene rings is 1. The average molecular weight is 428 g/mol. The van der Waals surface area contributed by atoms with E-state index >= 15 is 0 Å². The summed E-state index contributed by atoms with van der Waals surface area (Å²) in [5, 5.41) is 0.0100. The molecule has 30 heavy (non-hydrogen) atoms. The molecule has 4 fully saturated rings. The fraction of sp³-hybridized carbons (Fsp3) is 0.731. The van der Waals surface area contributed by atoms with Gasteiger partial charge in [0.2, 0.25) is 5.91 Å². The molecule has 4 heteroatoms. The van der Waals surface area contributed by atoms with Crippen molar-refractivity contribution in [2.75, 3.05) is 7.05 Å². The second-order valence-corrected chi connectivity index (χ2v) is 12.9. The third kappa shape index (κ3) is 2.85. The topological polar surface area (TPSA) is 43.4 Å². The second-order valence-electron chi connectivity index (χ2n) is 11.3. The lowest BCUT2D eigenvalue weighted by Crippen LogP contribution is -2.70. The maximum atomic E-state index is 14.1. The van der Waals surface area contributed by atoms with Crippen LogP contribution in [0.15, 0.2) is 35.2 Å². The van der Waals surface area contributed by atoms with E-state index in [1.54, 1.807) is 0 Å². The van der Waals surface area contributed by atoms with Gasteiger partial charge in [-0.25, -0.2) is 0 Å². The Morgan fingerprint density at radius 2 is 1.80 bits per heavy atom. The lowest BCUT2D eigenvalue weighted by atomic mass is 9.45. The molecule has 4 aliphatic rings. The predicted molar refractivity (Wildman–Crippen MR) is 121 cm³/mol. The molecule has 9 atom stereocenters. The first kappa shape index (κ1) is 20.9. The molecule has 5 rings (SSSR count). The van der Waals surface area contributed by atoms with Gasteiger partial charge in [-0.1, -0.05) is 45.4 Å². The molecule has 1 aromatic rings. The summed E-state index contributed by atoms with van der Waals surface area (Å²) in [7, 11) is 1.98. The Morgan fingerprint density at radius 1 is 1.07 bits per heavy atom. The largest absolute Gasteiger partial charge is 0.611 e. The number of rotatable bonds is 2. The van der Waals surface area contributed by atoms with Crippen LogP contribution in [-0.2, 0) is 16.0 Å². The highest BCUT2D eigenvalue weighted by molar-refractivity contribution is 7.92. The van der Waals surface area contributed by atoms with Crippen LogP contribution in [-0.4, -0.2) is 33.7 Å². The molecule has 3 saturated carbocycles. The molecule has 1 aromatic carbocycles. The number of carbonyl (C=O) groups excluding carboxylic acids is 1. The lowest BCUT2D eigenvalue weighted by molar-refractivity contribution is -0.163. The van der Waals surface area contributed by atoms with Crippen molar-refractivity contribution in [3.63, 3.8) is 0 Å². The summed E-state index contributed by atoms with van der Waals surface area (Å²) in [5.74, 6) is 2.63. The Balaban J connectivity index is 1.62. The zero-order valence-corrected chi connectivity index (χ0v) is 19.8. The fourth-order valence-electron chi connectivity index (χ4n) is 8.52. The van der Waals surface area contributed by atoms with E-state index in [9.17, 15) is 9.35 Å². The van der Waals surface area contributed by atoms with Gasteiger partial charge < -0.3 is 9.45 Å². The van der Waals surface area contributed by atoms with Gasteiger partial charge in [0.25, 0.3) is 0 Å². The number of fused-ring (bicyclic) bond motifs is 5. The van der Waals surface area contributed by atoms with Crippen LogP contribution in [0.1, 0.15) is 65.7 Å². The highest BCUT2D eigenvalue weighted by Gasteiger charge is 2.66. The fourth-order valence-corrected chi connectivity index (χ4v) is 10.6. The van der Waals surface area contributed by atoms with Crippen molar-refractivity contribution in [3.8, 4) is 0 Å². The van der Waals surface area contributed by atoms with Crippen LogP contribution in [0.25, 0.3) is 0 Å². The first-order chi connectivity index (χ1) is 14.3. The molecule has 1 amide bonds. The summed E-state index contributed by atoms with van der Waals surface area (Å²) < 4.78 is 14.1. The molecule has 0 radical (unpaired) electrons. The van der Waals surface area contributed by atoms with E-state index in [0.717, 1.165) is 17.2 Å². The molecule has 3 nitrogen and oxygen atoms in total. The van der Waals surface area contributed by atoms with E-state index < -0.39 is 11.2 Å². The molecule has 1 heterocycles. The third-order valence-corrected chi connectivity index (χ3v) is 11.9. The van der Waals surface area contributed by atoms with Gasteiger partial charge in [-0.2, -0.15) is 0 Å². The molecular weight excluding hydrogens is 390 g/mol. The molecule has 4 unspecified atom stereocenters. The molecule has 164 valence electrons. The highest BCUT2D eigenvalue weighted by atomic mass is 32.2. The van der Waals surface area contributed by atoms with Crippen LogP contribution < -0.4 is 0 Å². The molecule has 1 saturated heterocycles. The number of hydrogen-bond donors (Lipinski definition) is 0. The van der Waals surface area contributed by atoms with Crippen molar-refractivity contribution < 1.29 is 9.35 Å². The van der Waals surface area contributed by atoms with Crippen molar-refractivity contribution in [1.29, 1.82) is 0 Å². The van der Waals surface area contributed by atoms with E-state index in [2.05, 4.69) is 20.8 Å². The summed E-state index contributed by atoms with van der Waals surface area (Å²) in [5.41, 5.74) is 0.534. The molecule has 3 aliphatic carbocycles. The molecule has 0 N–H and O–H groups in total. The van der Waals surface area contributed by atoms with Crippen molar-refractivity contribution >= 4 is 17.1 Å². The zero-order valence-electron chi connectivity index (χ0n) is 19.0. The molecule has 0 spiro atoms. The first-order valence-corrected chi connectivity index (χ1v) is 13.2. The lowest BCUT2D eigenvalue weighted by Gasteiger charge is -2.64. The van der Waals surface area contributed by atoms with Crippen LogP contribution in [0.3, 0.4) is 0 Å². The van der Waals surface area contributed by atoms with E-state index in [0.29, 0.717) is 29.6 Å². The maximum absolute atomic E-state index is 14.1. The van der Waals surface area contributed by atoms with E-state index in [-0.39, 0.29) is 22.6 Å². The van der Waals surface area contributed by atoms with Gasteiger partial charge in [0.15, 0.2) is 4.90 Å². The van der Waals surface area contributed by atoms with Crippen LogP contribution in [0, 0.1) is 34.5 Å². The molecule has 0 aromatic heterocycles. The third-order valence-electron chi connectivity index (χ3n) is 9.98. The predicted octanol–water partition coefficient (Wildman–Crippen LogP) is 5.27. The van der Waals surface area contributed by atoms with Crippen LogP contribution in [0.2, 0.25) is 0 Å². The Bertz CT molecular complexity index is 815. The summed E-state index contributed by atoms with van der Waals surface area (Å²) in [6.07, 6.45) is 8.26. The van der Waals surface area contributed by atoms with Crippen molar-refractivity contribution in [2.45, 2.75) is 81.9 Å². The minimum atomic E-state index is -1.11. The standard InChI is InChI=1S/C26H37NO2S/c1-17-22-19-11-8-14-25(19,2)15-12-20(22)26(3)16-13-21(28)27(4)24(26)23(17)30(29)18-9-6-5-7-10-18/h5-7,9-10,17,19-20,22-24H,8,11-16H2,1-4H3/t17?,19-,20+,22-,23?,24?,25-,26+,30?/m0/s1. The maximum Gasteiger partial charge on any atom is 0.222 e. The highest BCUT2D eigenvalue weighted by Crippen LogP contribution is 2.66. The van der Waals surface area contributed by atoms with E-state index in [4.69, 9.17) is 0 Å². The number of likely N-dealkylation sites (tertiary alicyclic amines) is 1. The minimum Gasteiger partial charge on any atom is -0.611 e. The van der Waals surface area contributed by atoms with Crippen LogP contribution in [0.5, 0.6) is 0 Å². The molecule has 1 aliphatic heterocycles. The molecule has 0 bridgehead atoms. The Morgan fingerprint density at radius 3 is 2.53 bits per heavy atom. The van der Waals surface area contributed by atoms with Crippen LogP contribution in [0.4, 0.5) is 0 Å². The normalized spacial score (nSPS) is 46.7. The van der Waals surface area contributed by atoms with Gasteiger partial charge >= 0.3 is 0 Å². The Hall–Kier alpha value is -1.00. The van der Waals surface area contributed by atoms with Gasteiger partial charge in [0, 0.05) is 19.4 Å². The van der Waals surface area contributed by atoms with E-state index in [1.165, 1.54) is 32.1 Å². The summed E-state index contributed by atoms with van der Waals surface area (Å²) in [6.45, 7) is 7.35. The van der Waals surface area contributed by atoms with Gasteiger partial charge in [-0.05, 0) is 84.0 Å². The molecular formula is C26H37NO2S. The number of amides is 1. The quantitative estimate of drug-likeness (QED) is 0.603. The SMILES string of the molecule is CC1C([S+]([O-])c2ccccc2)C2N(C)C(=O)CC[C@]2(C)[C@@H]2CC[C@]3(C)CCC[C@H]3[C@H]12. The van der Waals surface area contributed by atoms with Crippen LogP contribution >= 0.6 is 0 Å². The number of piperidine rings is 1. The number of hydrogen-bond acceptors (Lipinski definition) is 2. The average Bonchev–Trinajstić information content (AvgIpc) is 3.14. The van der Waals surface area contributed by atoms with Gasteiger partial charge in [0.1, 0.15) is 5.25 Å². The van der Waals surface area contributed by atoms with Crippen molar-refractivity contribution in [3.05, 3.63) is 30.3 Å². The second kappa shape index (κ2) is 7.27. The number of carbonyl (C=O) groups is 1. The van der Waals surface area contributed by atoms with Gasteiger partial charge in [0.05, 0.1) is 6.04 Å². The smallest absolute Gasteiger partial charge is 0.222 e. The van der Waals surface area contributed by atoms with Crippen molar-refractivity contribution in [2.24, 2.45) is 34.5 Å². The summed E-state index contributed by atoms with van der Waals surface area (Å²) >= 11 is -1.11. The first-order valence-electron chi connectivity index (χ1n) is 12.0. The monoisotopic (exact) mass is 427 g/mol. The Kier molecular flexibility index (Phi) is 5.06. The van der Waals surface area contributed by atoms with Crippen molar-refractivity contribution in [1.82, 2.24) is 4.90 Å².